The zero-order valence-electron chi connectivity index (χ0n) is 12.0. The number of carbonyl (C=O) groups is 1. The van der Waals surface area contributed by atoms with Gasteiger partial charge in [-0.15, -0.1) is 0 Å². The van der Waals surface area contributed by atoms with E-state index in [0.717, 1.165) is 37.2 Å². The van der Waals surface area contributed by atoms with E-state index in [9.17, 15) is 4.79 Å². The maximum Gasteiger partial charge on any atom is 0.254 e. The van der Waals surface area contributed by atoms with Crippen molar-refractivity contribution in [3.8, 4) is 0 Å². The van der Waals surface area contributed by atoms with Crippen molar-refractivity contribution in [3.63, 3.8) is 0 Å². The van der Waals surface area contributed by atoms with Crippen molar-refractivity contribution in [1.82, 2.24) is 9.78 Å². The summed E-state index contributed by atoms with van der Waals surface area (Å²) in [6.45, 7) is 6.90. The van der Waals surface area contributed by atoms with Crippen LogP contribution in [0.5, 0.6) is 0 Å². The summed E-state index contributed by atoms with van der Waals surface area (Å²) in [5.74, 6) is 0.733. The van der Waals surface area contributed by atoms with Gasteiger partial charge in [0.15, 0.2) is 0 Å². The third-order valence-corrected chi connectivity index (χ3v) is 3.62. The van der Waals surface area contributed by atoms with Gasteiger partial charge in [-0.3, -0.25) is 4.79 Å². The van der Waals surface area contributed by atoms with Gasteiger partial charge in [-0.1, -0.05) is 13.8 Å². The number of ether oxygens (including phenoxy) is 1. The third-order valence-electron chi connectivity index (χ3n) is 3.62. The largest absolute Gasteiger partial charge is 0.368 e. The summed E-state index contributed by atoms with van der Waals surface area (Å²) in [4.78, 5) is 12.1. The fourth-order valence-electron chi connectivity index (χ4n) is 2.51. The van der Waals surface area contributed by atoms with E-state index in [1.807, 2.05) is 17.7 Å². The van der Waals surface area contributed by atoms with E-state index in [-0.39, 0.29) is 12.0 Å². The molecular formula is C14H23N3O2. The summed E-state index contributed by atoms with van der Waals surface area (Å²) in [6.07, 6.45) is 3.47. The van der Waals surface area contributed by atoms with Gasteiger partial charge in [-0.2, -0.15) is 5.10 Å². The van der Waals surface area contributed by atoms with Crippen LogP contribution in [-0.2, 0) is 9.53 Å². The molecular weight excluding hydrogens is 242 g/mol. The van der Waals surface area contributed by atoms with Crippen molar-refractivity contribution in [2.45, 2.75) is 58.6 Å². The second-order valence-electron chi connectivity index (χ2n) is 5.08. The monoisotopic (exact) mass is 265 g/mol. The molecule has 1 aromatic rings. The number of aryl methyl sites for hydroxylation is 1. The average molecular weight is 265 g/mol. The van der Waals surface area contributed by atoms with E-state index in [2.05, 4.69) is 24.3 Å². The molecule has 0 saturated carbocycles. The number of nitrogens with zero attached hydrogens (tertiary/aromatic N) is 2. The van der Waals surface area contributed by atoms with Crippen LogP contribution in [0.2, 0.25) is 0 Å². The number of amides is 1. The first-order chi connectivity index (χ1) is 9.15. The number of anilines is 1. The van der Waals surface area contributed by atoms with Gasteiger partial charge in [0, 0.05) is 12.7 Å². The number of hydrogen-bond acceptors (Lipinski definition) is 3. The molecule has 1 aromatic heterocycles. The molecule has 2 heterocycles. The Morgan fingerprint density at radius 1 is 1.58 bits per heavy atom. The number of hydrogen-bond donors (Lipinski definition) is 1. The van der Waals surface area contributed by atoms with Crippen molar-refractivity contribution >= 4 is 11.7 Å². The highest BCUT2D eigenvalue weighted by molar-refractivity contribution is 5.93. The summed E-state index contributed by atoms with van der Waals surface area (Å²) >= 11 is 0. The average Bonchev–Trinajstić information content (AvgIpc) is 3.01. The van der Waals surface area contributed by atoms with Gasteiger partial charge in [0.2, 0.25) is 0 Å². The second kappa shape index (κ2) is 6.19. The molecule has 1 saturated heterocycles. The Kier molecular flexibility index (Phi) is 4.58. The van der Waals surface area contributed by atoms with Crippen molar-refractivity contribution in [2.75, 3.05) is 11.9 Å². The van der Waals surface area contributed by atoms with Crippen molar-refractivity contribution in [1.29, 1.82) is 0 Å². The number of rotatable bonds is 5. The molecule has 0 radical (unpaired) electrons. The van der Waals surface area contributed by atoms with Crippen LogP contribution in [0.3, 0.4) is 0 Å². The Labute approximate surface area is 114 Å². The lowest BCUT2D eigenvalue weighted by molar-refractivity contribution is -0.124. The predicted octanol–water partition coefficient (Wildman–Crippen LogP) is 2.67. The minimum atomic E-state index is -0.301. The summed E-state index contributed by atoms with van der Waals surface area (Å²) < 4.78 is 7.34. The summed E-state index contributed by atoms with van der Waals surface area (Å²) in [6, 6.07) is 2.25. The van der Waals surface area contributed by atoms with Crippen LogP contribution in [0.4, 0.5) is 5.82 Å². The lowest BCUT2D eigenvalue weighted by Crippen LogP contribution is -2.28. The molecule has 0 unspecified atom stereocenters. The van der Waals surface area contributed by atoms with Crippen molar-refractivity contribution < 1.29 is 9.53 Å². The van der Waals surface area contributed by atoms with E-state index in [0.29, 0.717) is 12.6 Å². The van der Waals surface area contributed by atoms with Gasteiger partial charge in [-0.05, 0) is 32.6 Å². The number of nitrogens with one attached hydrogen (secondary N) is 1. The molecule has 0 aromatic carbocycles. The molecule has 0 spiro atoms. The van der Waals surface area contributed by atoms with Gasteiger partial charge in [0.1, 0.15) is 11.9 Å². The van der Waals surface area contributed by atoms with E-state index in [1.165, 1.54) is 0 Å². The van der Waals surface area contributed by atoms with E-state index in [4.69, 9.17) is 4.74 Å². The molecule has 5 heteroatoms. The highest BCUT2D eigenvalue weighted by atomic mass is 16.5. The predicted molar refractivity (Wildman–Crippen MR) is 74.2 cm³/mol. The van der Waals surface area contributed by atoms with E-state index >= 15 is 0 Å². The van der Waals surface area contributed by atoms with Crippen LogP contribution in [0.25, 0.3) is 0 Å². The van der Waals surface area contributed by atoms with Crippen LogP contribution < -0.4 is 5.32 Å². The van der Waals surface area contributed by atoms with Gasteiger partial charge < -0.3 is 10.1 Å². The second-order valence-corrected chi connectivity index (χ2v) is 5.08. The highest BCUT2D eigenvalue weighted by Gasteiger charge is 2.25. The van der Waals surface area contributed by atoms with Gasteiger partial charge in [-0.25, -0.2) is 4.68 Å². The van der Waals surface area contributed by atoms with Gasteiger partial charge in [0.25, 0.3) is 5.91 Å². The minimum absolute atomic E-state index is 0.0513. The Hall–Kier alpha value is -1.36. The third kappa shape index (κ3) is 3.15. The topological polar surface area (TPSA) is 56.2 Å². The Balaban J connectivity index is 2.12. The zero-order valence-corrected chi connectivity index (χ0v) is 12.0. The molecule has 1 fully saturated rings. The molecule has 1 N–H and O–H groups in total. The quantitative estimate of drug-likeness (QED) is 0.890. The number of carbonyl (C=O) groups excluding carboxylic acids is 1. The Bertz CT molecular complexity index is 432. The molecule has 1 atom stereocenters. The first-order valence-corrected chi connectivity index (χ1v) is 7.14. The summed E-state index contributed by atoms with van der Waals surface area (Å²) in [5.41, 5.74) is 0.926. The maximum absolute atomic E-state index is 12.1. The highest BCUT2D eigenvalue weighted by Crippen LogP contribution is 2.23. The van der Waals surface area contributed by atoms with Crippen LogP contribution >= 0.6 is 0 Å². The minimum Gasteiger partial charge on any atom is -0.368 e. The molecule has 0 bridgehead atoms. The Morgan fingerprint density at radius 2 is 2.32 bits per heavy atom. The number of aromatic nitrogens is 2. The molecule has 1 aliphatic heterocycles. The standard InChI is InChI=1S/C14H23N3O2/c1-4-11(5-2)17-13(9-10(3)16-17)15-14(18)12-7-6-8-19-12/h9,11-12H,4-8H2,1-3H3,(H,15,18)/t12-/m1/s1. The zero-order chi connectivity index (χ0) is 13.8. The van der Waals surface area contributed by atoms with E-state index in [1.54, 1.807) is 0 Å². The fraction of sp³-hybridized carbons (Fsp3) is 0.714. The summed E-state index contributed by atoms with van der Waals surface area (Å²) in [5, 5.41) is 7.45. The van der Waals surface area contributed by atoms with Crippen molar-refractivity contribution in [2.24, 2.45) is 0 Å². The molecule has 2 rings (SSSR count). The fourth-order valence-corrected chi connectivity index (χ4v) is 2.51. The van der Waals surface area contributed by atoms with Crippen LogP contribution in [0.15, 0.2) is 6.07 Å². The molecule has 1 amide bonds. The van der Waals surface area contributed by atoms with Crippen LogP contribution in [0, 0.1) is 6.92 Å². The van der Waals surface area contributed by atoms with Gasteiger partial charge >= 0.3 is 0 Å². The smallest absolute Gasteiger partial charge is 0.254 e. The SMILES string of the molecule is CCC(CC)n1nc(C)cc1NC(=O)[C@H]1CCCO1. The molecule has 1 aliphatic rings. The first-order valence-electron chi connectivity index (χ1n) is 7.14. The molecule has 5 nitrogen and oxygen atoms in total. The van der Waals surface area contributed by atoms with Crippen LogP contribution in [-0.4, -0.2) is 28.4 Å². The molecule has 106 valence electrons. The normalized spacial score (nSPS) is 19.1. The Morgan fingerprint density at radius 3 is 2.89 bits per heavy atom. The van der Waals surface area contributed by atoms with Crippen molar-refractivity contribution in [3.05, 3.63) is 11.8 Å². The lowest BCUT2D eigenvalue weighted by Gasteiger charge is -2.18. The lowest BCUT2D eigenvalue weighted by atomic mass is 10.2. The summed E-state index contributed by atoms with van der Waals surface area (Å²) in [7, 11) is 0. The molecule has 0 aliphatic carbocycles. The maximum atomic E-state index is 12.1. The molecule has 19 heavy (non-hydrogen) atoms. The van der Waals surface area contributed by atoms with Gasteiger partial charge in [0.05, 0.1) is 11.7 Å². The van der Waals surface area contributed by atoms with Crippen LogP contribution in [0.1, 0.15) is 51.3 Å². The van der Waals surface area contributed by atoms with E-state index < -0.39 is 0 Å². The first kappa shape index (κ1) is 14.1.